The van der Waals surface area contributed by atoms with E-state index in [1.807, 2.05) is 42.2 Å². The van der Waals surface area contributed by atoms with Crippen molar-refractivity contribution in [3.8, 4) is 0 Å². The van der Waals surface area contributed by atoms with Crippen molar-refractivity contribution in [1.82, 2.24) is 15.3 Å². The van der Waals surface area contributed by atoms with Gasteiger partial charge in [-0.25, -0.2) is 4.98 Å². The molecule has 0 unspecified atom stereocenters. The summed E-state index contributed by atoms with van der Waals surface area (Å²) in [6.07, 6.45) is -4.57. The minimum Gasteiger partial charge on any atom is -0.368 e. The van der Waals surface area contributed by atoms with Gasteiger partial charge >= 0.3 is 6.18 Å². The summed E-state index contributed by atoms with van der Waals surface area (Å²) in [4.78, 5) is 11.8. The molecule has 0 saturated carbocycles. The van der Waals surface area contributed by atoms with E-state index in [-0.39, 0.29) is 16.9 Å². The van der Waals surface area contributed by atoms with Gasteiger partial charge in [-0.05, 0) is 31.3 Å². The molecule has 1 aromatic carbocycles. The standard InChI is InChI=1S/C18H21F3N6S/c1-2-22-17(28)25-16-23-14(18(19,20)21)12-15(24-16)27-10-8-26(9-11-27)13-6-4-3-5-7-13/h3-7,12H,2,8-11H2,1H3,(H2,22,23,24,25,28). The highest BCUT2D eigenvalue weighted by atomic mass is 32.1. The van der Waals surface area contributed by atoms with Gasteiger partial charge in [0.1, 0.15) is 5.82 Å². The van der Waals surface area contributed by atoms with Crippen LogP contribution in [0.15, 0.2) is 36.4 Å². The van der Waals surface area contributed by atoms with Crippen LogP contribution in [0.5, 0.6) is 0 Å². The summed E-state index contributed by atoms with van der Waals surface area (Å²) in [7, 11) is 0. The molecule has 1 aliphatic heterocycles. The van der Waals surface area contributed by atoms with Gasteiger partial charge in [-0.15, -0.1) is 0 Å². The van der Waals surface area contributed by atoms with E-state index in [0.29, 0.717) is 32.7 Å². The summed E-state index contributed by atoms with van der Waals surface area (Å²) in [5.74, 6) is 0.0677. The maximum absolute atomic E-state index is 13.3. The van der Waals surface area contributed by atoms with Crippen LogP contribution in [0.4, 0.5) is 30.6 Å². The average molecular weight is 410 g/mol. The van der Waals surface area contributed by atoms with E-state index in [0.717, 1.165) is 11.8 Å². The first-order valence-corrected chi connectivity index (χ1v) is 9.33. The SMILES string of the molecule is CCNC(=S)Nc1nc(N2CCN(c3ccccc3)CC2)cc(C(F)(F)F)n1. The maximum Gasteiger partial charge on any atom is 0.433 e. The number of piperazine rings is 1. The highest BCUT2D eigenvalue weighted by Crippen LogP contribution is 2.31. The van der Waals surface area contributed by atoms with Gasteiger partial charge in [-0.3, -0.25) is 0 Å². The molecule has 0 bridgehead atoms. The summed E-state index contributed by atoms with van der Waals surface area (Å²) in [6, 6.07) is 10.9. The van der Waals surface area contributed by atoms with E-state index < -0.39 is 11.9 Å². The van der Waals surface area contributed by atoms with Gasteiger partial charge in [-0.1, -0.05) is 18.2 Å². The lowest BCUT2D eigenvalue weighted by molar-refractivity contribution is -0.141. The Kier molecular flexibility index (Phi) is 6.18. The maximum atomic E-state index is 13.3. The normalized spacial score (nSPS) is 14.7. The number of aromatic nitrogens is 2. The van der Waals surface area contributed by atoms with Crippen molar-refractivity contribution in [3.05, 3.63) is 42.1 Å². The molecule has 0 spiro atoms. The van der Waals surface area contributed by atoms with E-state index in [1.54, 1.807) is 0 Å². The number of para-hydroxylation sites is 1. The number of halogens is 3. The van der Waals surface area contributed by atoms with Crippen LogP contribution in [-0.2, 0) is 6.18 Å². The van der Waals surface area contributed by atoms with Gasteiger partial charge < -0.3 is 20.4 Å². The van der Waals surface area contributed by atoms with Crippen LogP contribution in [0, 0.1) is 0 Å². The third-order valence-electron chi connectivity index (χ3n) is 4.29. The monoisotopic (exact) mass is 410 g/mol. The molecule has 1 fully saturated rings. The minimum absolute atomic E-state index is 0.165. The van der Waals surface area contributed by atoms with Crippen LogP contribution in [0.1, 0.15) is 12.6 Å². The predicted octanol–water partition coefficient (Wildman–Crippen LogP) is 3.13. The summed E-state index contributed by atoms with van der Waals surface area (Å²) in [5, 5.41) is 5.63. The Balaban J connectivity index is 1.78. The van der Waals surface area contributed by atoms with Crippen LogP contribution in [0.3, 0.4) is 0 Å². The number of benzene rings is 1. The van der Waals surface area contributed by atoms with Crippen molar-refractivity contribution in [1.29, 1.82) is 0 Å². The number of rotatable bonds is 4. The molecule has 3 rings (SSSR count). The first-order chi connectivity index (χ1) is 13.4. The van der Waals surface area contributed by atoms with Crippen LogP contribution in [-0.4, -0.2) is 47.8 Å². The number of nitrogens with one attached hydrogen (secondary N) is 2. The second kappa shape index (κ2) is 8.59. The van der Waals surface area contributed by atoms with Crippen LogP contribution < -0.4 is 20.4 Å². The zero-order valence-corrected chi connectivity index (χ0v) is 16.1. The van der Waals surface area contributed by atoms with Crippen molar-refractivity contribution in [3.63, 3.8) is 0 Å². The Hall–Kier alpha value is -2.62. The molecule has 10 heteroatoms. The fourth-order valence-electron chi connectivity index (χ4n) is 2.94. The van der Waals surface area contributed by atoms with Crippen molar-refractivity contribution in [2.24, 2.45) is 0 Å². The predicted molar refractivity (Wildman–Crippen MR) is 108 cm³/mol. The number of alkyl halides is 3. The lowest BCUT2D eigenvalue weighted by Crippen LogP contribution is -2.47. The van der Waals surface area contributed by atoms with Gasteiger partial charge in [0.2, 0.25) is 5.95 Å². The molecule has 0 amide bonds. The van der Waals surface area contributed by atoms with Gasteiger partial charge in [0.05, 0.1) is 0 Å². The number of hydrogen-bond acceptors (Lipinski definition) is 5. The van der Waals surface area contributed by atoms with Crippen molar-refractivity contribution in [2.75, 3.05) is 47.8 Å². The van der Waals surface area contributed by atoms with Gasteiger partial charge in [0.15, 0.2) is 10.8 Å². The summed E-state index contributed by atoms with van der Waals surface area (Å²) in [6.45, 7) is 4.86. The molecule has 2 N–H and O–H groups in total. The van der Waals surface area contributed by atoms with Crippen LogP contribution in [0.25, 0.3) is 0 Å². The molecule has 1 aromatic heterocycles. The topological polar surface area (TPSA) is 56.3 Å². The first-order valence-electron chi connectivity index (χ1n) is 8.93. The molecule has 2 aromatic rings. The Bertz CT molecular complexity index is 807. The van der Waals surface area contributed by atoms with Crippen LogP contribution >= 0.6 is 12.2 Å². The summed E-state index contributed by atoms with van der Waals surface area (Å²) in [5.41, 5.74) is 0.101. The fraction of sp³-hybridized carbons (Fsp3) is 0.389. The Morgan fingerprint density at radius 3 is 2.32 bits per heavy atom. The van der Waals surface area contributed by atoms with Gasteiger partial charge in [0.25, 0.3) is 0 Å². The van der Waals surface area contributed by atoms with Crippen molar-refractivity contribution >= 4 is 34.8 Å². The summed E-state index contributed by atoms with van der Waals surface area (Å²) < 4.78 is 39.9. The lowest BCUT2D eigenvalue weighted by Gasteiger charge is -2.37. The molecule has 150 valence electrons. The highest BCUT2D eigenvalue weighted by Gasteiger charge is 2.34. The van der Waals surface area contributed by atoms with E-state index in [4.69, 9.17) is 12.2 Å². The van der Waals surface area contributed by atoms with Crippen molar-refractivity contribution < 1.29 is 13.2 Å². The largest absolute Gasteiger partial charge is 0.433 e. The molecule has 2 heterocycles. The molecule has 1 aliphatic rings. The molecular formula is C18H21F3N6S. The van der Waals surface area contributed by atoms with Gasteiger partial charge in [0, 0.05) is 44.5 Å². The minimum atomic E-state index is -4.57. The zero-order valence-electron chi connectivity index (χ0n) is 15.3. The lowest BCUT2D eigenvalue weighted by atomic mass is 10.2. The Labute approximate surface area is 166 Å². The highest BCUT2D eigenvalue weighted by molar-refractivity contribution is 7.80. The smallest absolute Gasteiger partial charge is 0.368 e. The summed E-state index contributed by atoms with van der Waals surface area (Å²) >= 11 is 5.04. The van der Waals surface area contributed by atoms with E-state index in [9.17, 15) is 13.2 Å². The number of thiocarbonyl (C=S) groups is 1. The molecule has 28 heavy (non-hydrogen) atoms. The third-order valence-corrected chi connectivity index (χ3v) is 4.54. The molecule has 0 radical (unpaired) electrons. The molecular weight excluding hydrogens is 389 g/mol. The van der Waals surface area contributed by atoms with E-state index in [2.05, 4.69) is 25.5 Å². The van der Waals surface area contributed by atoms with Crippen LogP contribution in [0.2, 0.25) is 0 Å². The third kappa shape index (κ3) is 5.00. The second-order valence-corrected chi connectivity index (χ2v) is 6.64. The fourth-order valence-corrected chi connectivity index (χ4v) is 3.17. The van der Waals surface area contributed by atoms with Crippen molar-refractivity contribution in [2.45, 2.75) is 13.1 Å². The second-order valence-electron chi connectivity index (χ2n) is 6.23. The molecule has 6 nitrogen and oxygen atoms in total. The Morgan fingerprint density at radius 1 is 1.07 bits per heavy atom. The van der Waals surface area contributed by atoms with E-state index >= 15 is 0 Å². The number of nitrogens with zero attached hydrogens (tertiary/aromatic N) is 4. The molecule has 1 saturated heterocycles. The Morgan fingerprint density at radius 2 is 1.71 bits per heavy atom. The quantitative estimate of drug-likeness (QED) is 0.751. The zero-order chi connectivity index (χ0) is 20.1. The number of anilines is 3. The van der Waals surface area contributed by atoms with Gasteiger partial charge in [-0.2, -0.15) is 18.2 Å². The van der Waals surface area contributed by atoms with E-state index in [1.165, 1.54) is 0 Å². The first kappa shape index (κ1) is 20.1. The molecule has 0 atom stereocenters. The molecule has 0 aliphatic carbocycles. The average Bonchev–Trinajstić information content (AvgIpc) is 2.68. The number of hydrogen-bond donors (Lipinski definition) is 2.